The quantitative estimate of drug-likeness (QED) is 0.252. The summed E-state index contributed by atoms with van der Waals surface area (Å²) >= 11 is 6.77. The number of carbonyl (C=O) groups is 2. The van der Waals surface area contributed by atoms with Crippen LogP contribution in [0.25, 0.3) is 11.0 Å². The van der Waals surface area contributed by atoms with Crippen LogP contribution in [0.2, 0.25) is 0 Å². The molecule has 0 amide bonds. The maximum absolute atomic E-state index is 13.6. The Morgan fingerprint density at radius 1 is 0.906 bits per heavy atom. The molecule has 0 unspecified atom stereocenters. The van der Waals surface area contributed by atoms with Gasteiger partial charge in [-0.1, -0.05) is 48.5 Å². The van der Waals surface area contributed by atoms with Gasteiger partial charge in [0.25, 0.3) is 0 Å². The molecule has 32 heavy (non-hydrogen) atoms. The molecule has 0 fully saturated rings. The molecule has 0 bridgehead atoms. The van der Waals surface area contributed by atoms with Crippen molar-refractivity contribution in [2.75, 3.05) is 6.61 Å². The highest BCUT2D eigenvalue weighted by Crippen LogP contribution is 2.37. The maximum atomic E-state index is 13.6. The molecule has 1 N–H and O–H groups in total. The fraction of sp³-hybridized carbons (Fsp3) is 0.120. The summed E-state index contributed by atoms with van der Waals surface area (Å²) in [5.41, 5.74) is 2.80. The monoisotopic (exact) mass is 556 g/mol. The third-order valence-electron chi connectivity index (χ3n) is 4.98. The lowest BCUT2D eigenvalue weighted by atomic mass is 9.97. The Bertz CT molecular complexity index is 1270. The van der Waals surface area contributed by atoms with Gasteiger partial charge in [-0.3, -0.25) is 4.79 Å². The second-order valence-corrected chi connectivity index (χ2v) is 8.87. The minimum Gasteiger partial charge on any atom is -0.480 e. The van der Waals surface area contributed by atoms with Gasteiger partial charge >= 0.3 is 5.97 Å². The number of aryl methyl sites for hydroxylation is 2. The van der Waals surface area contributed by atoms with E-state index in [9.17, 15) is 9.59 Å². The van der Waals surface area contributed by atoms with Crippen molar-refractivity contribution in [3.05, 3.63) is 98.1 Å². The minimum absolute atomic E-state index is 0.177. The van der Waals surface area contributed by atoms with Crippen molar-refractivity contribution >= 4 is 54.6 Å². The molecular formula is C25H18Br2O5. The number of fused-ring (bicyclic) bond motifs is 1. The van der Waals surface area contributed by atoms with Gasteiger partial charge in [0.05, 0.1) is 14.5 Å². The Hall–Kier alpha value is -2.90. The lowest BCUT2D eigenvalue weighted by Gasteiger charge is -2.11. The molecule has 0 aliphatic heterocycles. The topological polar surface area (TPSA) is 76.7 Å². The van der Waals surface area contributed by atoms with Crippen LogP contribution in [0.1, 0.15) is 27.2 Å². The number of carboxylic acids is 1. The molecular weight excluding hydrogens is 540 g/mol. The van der Waals surface area contributed by atoms with Crippen LogP contribution in [-0.4, -0.2) is 23.5 Å². The first-order chi connectivity index (χ1) is 15.4. The number of ketones is 1. The van der Waals surface area contributed by atoms with Crippen LogP contribution in [0.5, 0.6) is 5.75 Å². The first-order valence-electron chi connectivity index (χ1n) is 9.86. The van der Waals surface area contributed by atoms with Gasteiger partial charge < -0.3 is 14.3 Å². The second-order valence-electron chi connectivity index (χ2n) is 7.16. The van der Waals surface area contributed by atoms with Crippen molar-refractivity contribution in [2.45, 2.75) is 12.8 Å². The Balaban J connectivity index is 1.70. The number of hydrogen-bond donors (Lipinski definition) is 1. The molecule has 7 heteroatoms. The molecule has 162 valence electrons. The summed E-state index contributed by atoms with van der Waals surface area (Å²) in [7, 11) is 0. The number of carbonyl (C=O) groups excluding carboxylic acids is 1. The van der Waals surface area contributed by atoms with Gasteiger partial charge in [0.1, 0.15) is 17.1 Å². The number of benzene rings is 3. The fourth-order valence-electron chi connectivity index (χ4n) is 3.53. The van der Waals surface area contributed by atoms with Crippen LogP contribution < -0.4 is 4.74 Å². The van der Waals surface area contributed by atoms with Crippen LogP contribution in [-0.2, 0) is 17.6 Å². The SMILES string of the molecule is O=C(O)COc1c(Br)cc(C(=O)c2c(CCc3ccccc3)oc3ccccc23)cc1Br. The summed E-state index contributed by atoms with van der Waals surface area (Å²) in [4.78, 5) is 24.4. The first-order valence-corrected chi connectivity index (χ1v) is 11.5. The standard InChI is InChI=1S/C25H18Br2O5/c26-18-12-16(13-19(27)25(18)31-14-22(28)29)24(30)23-17-8-4-5-9-20(17)32-21(23)11-10-15-6-2-1-3-7-15/h1-9,12-13H,10-11,14H2,(H,28,29). The molecule has 5 nitrogen and oxygen atoms in total. The van der Waals surface area contributed by atoms with Crippen molar-refractivity contribution in [1.29, 1.82) is 0 Å². The Kier molecular flexibility index (Phi) is 6.77. The van der Waals surface area contributed by atoms with Crippen molar-refractivity contribution < 1.29 is 23.8 Å². The number of halogens is 2. The van der Waals surface area contributed by atoms with Crippen molar-refractivity contribution in [3.8, 4) is 5.75 Å². The van der Waals surface area contributed by atoms with Crippen molar-refractivity contribution in [1.82, 2.24) is 0 Å². The molecule has 1 aromatic heterocycles. The van der Waals surface area contributed by atoms with E-state index in [2.05, 4.69) is 31.9 Å². The average molecular weight is 558 g/mol. The number of para-hydroxylation sites is 1. The lowest BCUT2D eigenvalue weighted by molar-refractivity contribution is -0.139. The van der Waals surface area contributed by atoms with Gasteiger partial charge in [0.2, 0.25) is 0 Å². The number of rotatable bonds is 8. The molecule has 0 radical (unpaired) electrons. The van der Waals surface area contributed by atoms with E-state index in [-0.39, 0.29) is 5.78 Å². The van der Waals surface area contributed by atoms with Crippen molar-refractivity contribution in [2.24, 2.45) is 0 Å². The summed E-state index contributed by atoms with van der Waals surface area (Å²) < 4.78 is 12.4. The predicted octanol–water partition coefficient (Wildman–Crippen LogP) is 6.44. The summed E-state index contributed by atoms with van der Waals surface area (Å²) in [5, 5.41) is 9.63. The van der Waals surface area contributed by atoms with Crippen LogP contribution >= 0.6 is 31.9 Å². The van der Waals surface area contributed by atoms with Crippen LogP contribution in [0.4, 0.5) is 0 Å². The largest absolute Gasteiger partial charge is 0.480 e. The lowest BCUT2D eigenvalue weighted by Crippen LogP contribution is -2.11. The van der Waals surface area contributed by atoms with Crippen LogP contribution in [0, 0.1) is 0 Å². The van der Waals surface area contributed by atoms with Gasteiger partial charge in [-0.05, 0) is 62.0 Å². The zero-order valence-electron chi connectivity index (χ0n) is 16.8. The molecule has 0 saturated heterocycles. The molecule has 4 aromatic rings. The van der Waals surface area contributed by atoms with Crippen molar-refractivity contribution in [3.63, 3.8) is 0 Å². The van der Waals surface area contributed by atoms with E-state index in [1.54, 1.807) is 12.1 Å². The Morgan fingerprint density at radius 3 is 2.25 bits per heavy atom. The molecule has 0 aliphatic carbocycles. The number of hydrogen-bond acceptors (Lipinski definition) is 4. The van der Waals surface area contributed by atoms with E-state index in [0.29, 0.717) is 43.6 Å². The third kappa shape index (κ3) is 4.79. The zero-order valence-corrected chi connectivity index (χ0v) is 20.0. The predicted molar refractivity (Wildman–Crippen MR) is 128 cm³/mol. The van der Waals surface area contributed by atoms with Gasteiger partial charge in [0, 0.05) is 17.4 Å². The Morgan fingerprint density at radius 2 is 1.56 bits per heavy atom. The highest BCUT2D eigenvalue weighted by molar-refractivity contribution is 9.11. The fourth-order valence-corrected chi connectivity index (χ4v) is 4.95. The molecule has 0 saturated carbocycles. The van der Waals surface area contributed by atoms with Gasteiger partial charge in [-0.2, -0.15) is 0 Å². The highest BCUT2D eigenvalue weighted by atomic mass is 79.9. The van der Waals surface area contributed by atoms with E-state index in [1.807, 2.05) is 54.6 Å². The number of aliphatic carboxylic acids is 1. The Labute approximate surface area is 201 Å². The second kappa shape index (κ2) is 9.71. The van der Waals surface area contributed by atoms with Gasteiger partial charge in [-0.25, -0.2) is 4.79 Å². The smallest absolute Gasteiger partial charge is 0.341 e. The number of furan rings is 1. The van der Waals surface area contributed by atoms with Crippen LogP contribution in [0.15, 0.2) is 80.1 Å². The normalized spacial score (nSPS) is 10.9. The minimum atomic E-state index is -1.09. The first kappa shape index (κ1) is 22.3. The van der Waals surface area contributed by atoms with Gasteiger partial charge in [-0.15, -0.1) is 0 Å². The summed E-state index contributed by atoms with van der Waals surface area (Å²) in [6, 6.07) is 20.8. The van der Waals surface area contributed by atoms with E-state index in [4.69, 9.17) is 14.3 Å². The molecule has 0 spiro atoms. The zero-order chi connectivity index (χ0) is 22.7. The van der Waals surface area contributed by atoms with E-state index >= 15 is 0 Å². The van der Waals surface area contributed by atoms with Gasteiger partial charge in [0.15, 0.2) is 12.4 Å². The molecule has 0 aliphatic rings. The molecule has 1 heterocycles. The molecule has 3 aromatic carbocycles. The average Bonchev–Trinajstić information content (AvgIpc) is 3.15. The van der Waals surface area contributed by atoms with E-state index in [0.717, 1.165) is 17.4 Å². The molecule has 0 atom stereocenters. The summed E-state index contributed by atoms with van der Waals surface area (Å²) in [6.07, 6.45) is 1.33. The maximum Gasteiger partial charge on any atom is 0.341 e. The van der Waals surface area contributed by atoms with E-state index < -0.39 is 12.6 Å². The number of ether oxygens (including phenoxy) is 1. The third-order valence-corrected chi connectivity index (χ3v) is 6.16. The molecule has 4 rings (SSSR count). The number of carboxylic acid groups (broad SMARTS) is 1. The summed E-state index contributed by atoms with van der Waals surface area (Å²) in [6.45, 7) is -0.486. The van der Waals surface area contributed by atoms with E-state index in [1.165, 1.54) is 0 Å². The van der Waals surface area contributed by atoms with Crippen LogP contribution in [0.3, 0.4) is 0 Å². The summed E-state index contributed by atoms with van der Waals surface area (Å²) in [5.74, 6) is -0.301. The highest BCUT2D eigenvalue weighted by Gasteiger charge is 2.23.